The number of hydrogen-bond acceptors (Lipinski definition) is 1. The van der Waals surface area contributed by atoms with Gasteiger partial charge in [-0.1, -0.05) is 6.42 Å². The summed E-state index contributed by atoms with van der Waals surface area (Å²) >= 11 is 0. The predicted molar refractivity (Wildman–Crippen MR) is 43.0 cm³/mol. The van der Waals surface area contributed by atoms with Crippen molar-refractivity contribution in [2.24, 2.45) is 5.92 Å². The molecule has 2 rings (SSSR count). The highest BCUT2D eigenvalue weighted by Crippen LogP contribution is 2.39. The highest BCUT2D eigenvalue weighted by molar-refractivity contribution is 4.93. The minimum absolute atomic E-state index is 0.857. The molecule has 10 heavy (non-hydrogen) atoms. The number of rotatable bonds is 0. The molecule has 0 amide bonds. The van der Waals surface area contributed by atoms with Gasteiger partial charge in [0, 0.05) is 12.1 Å². The third-order valence-electron chi connectivity index (χ3n) is 3.48. The highest BCUT2D eigenvalue weighted by atomic mass is 15.2. The molecule has 2 fully saturated rings. The molecule has 0 spiro atoms. The molecular formula is C9H17N. The molecule has 2 aliphatic rings. The fraction of sp³-hybridized carbons (Fsp3) is 1.00. The SMILES string of the molecule is CC1C[C@H]2CCC[C@H]2N1C. The molecule has 1 aliphatic carbocycles. The standard InChI is InChI=1S/C9H17N/c1-7-6-8-4-3-5-9(8)10(7)2/h7-9H,3-6H2,1-2H3/t7?,8-,9-/m1/s1. The molecule has 0 radical (unpaired) electrons. The van der Waals surface area contributed by atoms with Gasteiger partial charge in [-0.3, -0.25) is 0 Å². The van der Waals surface area contributed by atoms with Crippen LogP contribution in [0.3, 0.4) is 0 Å². The first-order valence-electron chi connectivity index (χ1n) is 4.51. The number of likely N-dealkylation sites (tertiary alicyclic amines) is 1. The van der Waals surface area contributed by atoms with Gasteiger partial charge in [-0.05, 0) is 39.2 Å². The zero-order valence-electron chi connectivity index (χ0n) is 7.01. The lowest BCUT2D eigenvalue weighted by molar-refractivity contribution is 0.245. The maximum Gasteiger partial charge on any atom is 0.0124 e. The summed E-state index contributed by atoms with van der Waals surface area (Å²) in [5, 5.41) is 0. The minimum atomic E-state index is 0.857. The topological polar surface area (TPSA) is 3.24 Å². The van der Waals surface area contributed by atoms with Crippen molar-refractivity contribution >= 4 is 0 Å². The van der Waals surface area contributed by atoms with E-state index in [1.165, 1.54) is 25.7 Å². The van der Waals surface area contributed by atoms with Crippen molar-refractivity contribution < 1.29 is 0 Å². The van der Waals surface area contributed by atoms with Gasteiger partial charge in [0.25, 0.3) is 0 Å². The van der Waals surface area contributed by atoms with Gasteiger partial charge in [0.05, 0.1) is 0 Å². The number of nitrogens with zero attached hydrogens (tertiary/aromatic N) is 1. The van der Waals surface area contributed by atoms with Crippen LogP contribution >= 0.6 is 0 Å². The smallest absolute Gasteiger partial charge is 0.0124 e. The van der Waals surface area contributed by atoms with E-state index in [9.17, 15) is 0 Å². The van der Waals surface area contributed by atoms with Crippen LogP contribution in [0.15, 0.2) is 0 Å². The van der Waals surface area contributed by atoms with E-state index in [1.54, 1.807) is 0 Å². The summed E-state index contributed by atoms with van der Waals surface area (Å²) in [7, 11) is 2.29. The minimum Gasteiger partial charge on any atom is -0.300 e. The van der Waals surface area contributed by atoms with E-state index in [2.05, 4.69) is 18.9 Å². The zero-order chi connectivity index (χ0) is 7.14. The van der Waals surface area contributed by atoms with Crippen LogP contribution in [0.4, 0.5) is 0 Å². The quantitative estimate of drug-likeness (QED) is 0.495. The van der Waals surface area contributed by atoms with Crippen LogP contribution < -0.4 is 0 Å². The summed E-state index contributed by atoms with van der Waals surface area (Å²) in [6.07, 6.45) is 5.90. The van der Waals surface area contributed by atoms with Gasteiger partial charge >= 0.3 is 0 Å². The molecule has 0 N–H and O–H groups in total. The van der Waals surface area contributed by atoms with Gasteiger partial charge in [0.1, 0.15) is 0 Å². The molecule has 1 heterocycles. The summed E-state index contributed by atoms with van der Waals surface area (Å²) in [6, 6.07) is 1.81. The molecule has 1 saturated carbocycles. The maximum absolute atomic E-state index is 2.58. The van der Waals surface area contributed by atoms with Gasteiger partial charge in [-0.15, -0.1) is 0 Å². The van der Waals surface area contributed by atoms with Crippen molar-refractivity contribution in [1.82, 2.24) is 4.90 Å². The highest BCUT2D eigenvalue weighted by Gasteiger charge is 2.39. The van der Waals surface area contributed by atoms with Crippen molar-refractivity contribution in [3.63, 3.8) is 0 Å². The Morgan fingerprint density at radius 2 is 2.10 bits per heavy atom. The van der Waals surface area contributed by atoms with Crippen molar-refractivity contribution in [1.29, 1.82) is 0 Å². The first-order valence-corrected chi connectivity index (χ1v) is 4.51. The van der Waals surface area contributed by atoms with Crippen molar-refractivity contribution in [3.05, 3.63) is 0 Å². The Kier molecular flexibility index (Phi) is 1.48. The molecule has 1 unspecified atom stereocenters. The van der Waals surface area contributed by atoms with Crippen LogP contribution in [0.25, 0.3) is 0 Å². The molecule has 0 aromatic carbocycles. The van der Waals surface area contributed by atoms with Gasteiger partial charge < -0.3 is 4.90 Å². The summed E-state index contributed by atoms with van der Waals surface area (Å²) in [4.78, 5) is 2.58. The molecule has 1 aliphatic heterocycles. The lowest BCUT2D eigenvalue weighted by Gasteiger charge is -2.21. The molecular weight excluding hydrogens is 122 g/mol. The molecule has 58 valence electrons. The largest absolute Gasteiger partial charge is 0.300 e. The zero-order valence-corrected chi connectivity index (χ0v) is 7.01. The normalized spacial score (nSPS) is 48.0. The van der Waals surface area contributed by atoms with Crippen molar-refractivity contribution in [3.8, 4) is 0 Å². The van der Waals surface area contributed by atoms with E-state index in [0.29, 0.717) is 0 Å². The third-order valence-corrected chi connectivity index (χ3v) is 3.48. The maximum atomic E-state index is 2.58. The van der Waals surface area contributed by atoms with Crippen molar-refractivity contribution in [2.75, 3.05) is 7.05 Å². The summed E-state index contributed by atoms with van der Waals surface area (Å²) in [5.41, 5.74) is 0. The van der Waals surface area contributed by atoms with Crippen LogP contribution in [-0.4, -0.2) is 24.0 Å². The fourth-order valence-electron chi connectivity index (χ4n) is 2.76. The van der Waals surface area contributed by atoms with Gasteiger partial charge in [0.15, 0.2) is 0 Å². The number of fused-ring (bicyclic) bond motifs is 1. The molecule has 0 aromatic heterocycles. The molecule has 1 heteroatoms. The Bertz CT molecular complexity index is 131. The van der Waals surface area contributed by atoms with E-state index >= 15 is 0 Å². The third kappa shape index (κ3) is 0.800. The Labute approximate surface area is 63.4 Å². The van der Waals surface area contributed by atoms with Gasteiger partial charge in [-0.25, -0.2) is 0 Å². The van der Waals surface area contributed by atoms with Crippen LogP contribution in [0.2, 0.25) is 0 Å². The Morgan fingerprint density at radius 1 is 1.30 bits per heavy atom. The fourth-order valence-corrected chi connectivity index (χ4v) is 2.76. The second kappa shape index (κ2) is 2.23. The Morgan fingerprint density at radius 3 is 2.80 bits per heavy atom. The second-order valence-electron chi connectivity index (χ2n) is 4.01. The van der Waals surface area contributed by atoms with E-state index in [0.717, 1.165) is 18.0 Å². The molecule has 1 saturated heterocycles. The second-order valence-corrected chi connectivity index (χ2v) is 4.01. The summed E-state index contributed by atoms with van der Waals surface area (Å²) < 4.78 is 0. The van der Waals surface area contributed by atoms with E-state index in [4.69, 9.17) is 0 Å². The van der Waals surface area contributed by atoms with Crippen molar-refractivity contribution in [2.45, 2.75) is 44.7 Å². The van der Waals surface area contributed by atoms with E-state index in [1.807, 2.05) is 0 Å². The van der Waals surface area contributed by atoms with E-state index in [-0.39, 0.29) is 0 Å². The first kappa shape index (κ1) is 6.66. The molecule has 1 nitrogen and oxygen atoms in total. The molecule has 0 bridgehead atoms. The average molecular weight is 139 g/mol. The lowest BCUT2D eigenvalue weighted by atomic mass is 10.0. The average Bonchev–Trinajstić information content (AvgIpc) is 2.41. The monoisotopic (exact) mass is 139 g/mol. The predicted octanol–water partition coefficient (Wildman–Crippen LogP) is 1.88. The lowest BCUT2D eigenvalue weighted by Crippen LogP contribution is -2.30. The van der Waals surface area contributed by atoms with Crippen LogP contribution in [-0.2, 0) is 0 Å². The van der Waals surface area contributed by atoms with Crippen LogP contribution in [0.5, 0.6) is 0 Å². The Balaban J connectivity index is 2.09. The van der Waals surface area contributed by atoms with Gasteiger partial charge in [-0.2, -0.15) is 0 Å². The van der Waals surface area contributed by atoms with Gasteiger partial charge in [0.2, 0.25) is 0 Å². The summed E-state index contributed by atoms with van der Waals surface area (Å²) in [6.45, 7) is 2.36. The van der Waals surface area contributed by atoms with E-state index < -0.39 is 0 Å². The molecule has 0 aromatic rings. The Hall–Kier alpha value is -0.0400. The van der Waals surface area contributed by atoms with Crippen LogP contribution in [0, 0.1) is 5.92 Å². The first-order chi connectivity index (χ1) is 4.79. The molecule has 3 atom stereocenters. The number of hydrogen-bond donors (Lipinski definition) is 0. The van der Waals surface area contributed by atoms with Crippen LogP contribution in [0.1, 0.15) is 32.6 Å². The summed E-state index contributed by atoms with van der Waals surface area (Å²) in [5.74, 6) is 1.06.